The molecular weight excluding hydrogens is 494 g/mol. The molecule has 1 atom stereocenters. The number of benzene rings is 1. The molecule has 0 bridgehead atoms. The van der Waals surface area contributed by atoms with Crippen molar-refractivity contribution in [2.45, 2.75) is 45.3 Å². The molecule has 0 spiro atoms. The first kappa shape index (κ1) is 24.1. The van der Waals surface area contributed by atoms with E-state index in [2.05, 4.69) is 10.2 Å². The predicted octanol–water partition coefficient (Wildman–Crippen LogP) is 4.07. The van der Waals surface area contributed by atoms with E-state index in [0.29, 0.717) is 60.5 Å². The largest absolute Gasteiger partial charge is 0.478 e. The fourth-order valence-corrected chi connectivity index (χ4v) is 5.69. The molecule has 2 aliphatic heterocycles. The monoisotopic (exact) mass is 520 g/mol. The summed E-state index contributed by atoms with van der Waals surface area (Å²) >= 11 is 0. The van der Waals surface area contributed by atoms with Crippen molar-refractivity contribution < 1.29 is 23.5 Å². The molecule has 6 rings (SSSR count). The summed E-state index contributed by atoms with van der Waals surface area (Å²) in [6.07, 6.45) is 5.26. The molecule has 3 aromatic heterocycles. The number of hydrogen-bond acceptors (Lipinski definition) is 5. The molecule has 1 amide bonds. The number of hydrogen-bond donors (Lipinski definition) is 1. The highest BCUT2D eigenvalue weighted by molar-refractivity contribution is 6.01. The summed E-state index contributed by atoms with van der Waals surface area (Å²) in [5.41, 5.74) is 3.27. The molecule has 5 heterocycles. The summed E-state index contributed by atoms with van der Waals surface area (Å²) in [6, 6.07) is 6.91. The average molecular weight is 521 g/mol. The fourth-order valence-electron chi connectivity index (χ4n) is 5.69. The number of halogens is 2. The number of carboxylic acids is 1. The van der Waals surface area contributed by atoms with Crippen LogP contribution in [0.25, 0.3) is 5.52 Å². The summed E-state index contributed by atoms with van der Waals surface area (Å²) in [4.78, 5) is 29.2. The third-order valence-electron chi connectivity index (χ3n) is 7.53. The van der Waals surface area contributed by atoms with E-state index in [-0.39, 0.29) is 24.1 Å². The highest BCUT2D eigenvalue weighted by Gasteiger charge is 2.32. The lowest BCUT2D eigenvalue weighted by Gasteiger charge is -2.28. The number of carbonyl (C=O) groups is 2. The number of amides is 1. The van der Waals surface area contributed by atoms with Gasteiger partial charge in [0.05, 0.1) is 47.8 Å². The average Bonchev–Trinajstić information content (AvgIpc) is 3.65. The number of rotatable bonds is 5. The molecule has 1 fully saturated rings. The Bertz CT molecular complexity index is 1580. The summed E-state index contributed by atoms with van der Waals surface area (Å²) in [5.74, 6) is -2.23. The van der Waals surface area contributed by atoms with Crippen molar-refractivity contribution >= 4 is 23.1 Å². The Morgan fingerprint density at radius 2 is 1.97 bits per heavy atom. The first-order valence-corrected chi connectivity index (χ1v) is 12.7. The Balaban J connectivity index is 1.32. The van der Waals surface area contributed by atoms with Crippen LogP contribution in [0.5, 0.6) is 0 Å². The Kier molecular flexibility index (Phi) is 5.85. The second-order valence-corrected chi connectivity index (χ2v) is 9.67. The number of nitrogens with zero attached hydrogens (tertiary/aromatic N) is 6. The van der Waals surface area contributed by atoms with E-state index in [4.69, 9.17) is 0 Å². The van der Waals surface area contributed by atoms with Crippen LogP contribution in [0.2, 0.25) is 0 Å². The maximum absolute atomic E-state index is 14.6. The Labute approximate surface area is 216 Å². The Morgan fingerprint density at radius 3 is 2.76 bits per heavy atom. The molecule has 196 valence electrons. The van der Waals surface area contributed by atoms with E-state index in [9.17, 15) is 23.5 Å². The SMILES string of the molecule is CCc1nn2c(c1C(=O)O)CN(C(=O)c1cnn3ccc(N4CCCC4c4cc(F)ccc4F)cc13)CC2. The number of carbonyl (C=O) groups excluding carboxylic acids is 1. The zero-order valence-electron chi connectivity index (χ0n) is 20.8. The summed E-state index contributed by atoms with van der Waals surface area (Å²) < 4.78 is 31.8. The molecule has 1 saturated heterocycles. The van der Waals surface area contributed by atoms with Gasteiger partial charge in [0.1, 0.15) is 17.2 Å². The van der Waals surface area contributed by atoms with Crippen LogP contribution >= 0.6 is 0 Å². The topological polar surface area (TPSA) is 96.0 Å². The smallest absolute Gasteiger partial charge is 0.339 e. The minimum Gasteiger partial charge on any atom is -0.478 e. The number of aryl methyl sites for hydroxylation is 1. The molecule has 0 saturated carbocycles. The lowest BCUT2D eigenvalue weighted by molar-refractivity contribution is 0.0666. The van der Waals surface area contributed by atoms with Crippen LogP contribution in [0.4, 0.5) is 14.5 Å². The zero-order chi connectivity index (χ0) is 26.6. The molecule has 1 unspecified atom stereocenters. The molecule has 1 N–H and O–H groups in total. The van der Waals surface area contributed by atoms with Crippen molar-refractivity contribution in [1.29, 1.82) is 0 Å². The van der Waals surface area contributed by atoms with Crippen LogP contribution in [0.3, 0.4) is 0 Å². The van der Waals surface area contributed by atoms with Crippen LogP contribution < -0.4 is 4.90 Å². The number of pyridine rings is 1. The molecule has 0 aliphatic carbocycles. The molecule has 4 aromatic rings. The van der Waals surface area contributed by atoms with Gasteiger partial charge < -0.3 is 14.9 Å². The van der Waals surface area contributed by atoms with Crippen LogP contribution in [0.15, 0.2) is 42.7 Å². The third kappa shape index (κ3) is 3.89. The van der Waals surface area contributed by atoms with Gasteiger partial charge in [-0.2, -0.15) is 10.2 Å². The van der Waals surface area contributed by atoms with Gasteiger partial charge in [-0.1, -0.05) is 6.92 Å². The first-order valence-electron chi connectivity index (χ1n) is 12.7. The minimum absolute atomic E-state index is 0.136. The van der Waals surface area contributed by atoms with E-state index >= 15 is 0 Å². The van der Waals surface area contributed by atoms with Gasteiger partial charge in [0, 0.05) is 30.5 Å². The predicted molar refractivity (Wildman–Crippen MR) is 134 cm³/mol. The van der Waals surface area contributed by atoms with Gasteiger partial charge in [0.2, 0.25) is 0 Å². The quantitative estimate of drug-likeness (QED) is 0.426. The van der Waals surface area contributed by atoms with Crippen LogP contribution in [-0.4, -0.2) is 54.4 Å². The molecule has 38 heavy (non-hydrogen) atoms. The van der Waals surface area contributed by atoms with Crippen molar-refractivity contribution in [1.82, 2.24) is 24.3 Å². The van der Waals surface area contributed by atoms with Crippen molar-refractivity contribution in [3.05, 3.63) is 82.4 Å². The lowest BCUT2D eigenvalue weighted by Crippen LogP contribution is -2.39. The minimum atomic E-state index is -1.05. The Hall–Kier alpha value is -4.28. The highest BCUT2D eigenvalue weighted by Crippen LogP contribution is 2.38. The molecule has 11 heteroatoms. The van der Waals surface area contributed by atoms with Crippen molar-refractivity contribution in [2.24, 2.45) is 0 Å². The summed E-state index contributed by atoms with van der Waals surface area (Å²) in [6.45, 7) is 3.45. The molecule has 1 aromatic carbocycles. The normalized spacial score (nSPS) is 17.3. The molecule has 0 radical (unpaired) electrons. The van der Waals surface area contributed by atoms with E-state index in [1.807, 2.05) is 24.0 Å². The third-order valence-corrected chi connectivity index (χ3v) is 7.53. The van der Waals surface area contributed by atoms with Gasteiger partial charge in [0.25, 0.3) is 5.91 Å². The van der Waals surface area contributed by atoms with Crippen molar-refractivity contribution in [2.75, 3.05) is 18.0 Å². The fraction of sp³-hybridized carbons (Fsp3) is 0.333. The van der Waals surface area contributed by atoms with Gasteiger partial charge in [0.15, 0.2) is 0 Å². The van der Waals surface area contributed by atoms with E-state index in [1.165, 1.54) is 12.3 Å². The maximum Gasteiger partial charge on any atom is 0.339 e. The van der Waals surface area contributed by atoms with Gasteiger partial charge in [-0.15, -0.1) is 0 Å². The number of aromatic nitrogens is 4. The van der Waals surface area contributed by atoms with Gasteiger partial charge in [-0.25, -0.2) is 18.1 Å². The van der Waals surface area contributed by atoms with Gasteiger partial charge in [-0.05, 0) is 49.6 Å². The molecular formula is C27H26F2N6O3. The Morgan fingerprint density at radius 1 is 1.13 bits per heavy atom. The summed E-state index contributed by atoms with van der Waals surface area (Å²) in [5, 5.41) is 18.5. The van der Waals surface area contributed by atoms with E-state index in [1.54, 1.807) is 20.3 Å². The van der Waals surface area contributed by atoms with Crippen LogP contribution in [-0.2, 0) is 19.5 Å². The van der Waals surface area contributed by atoms with Crippen LogP contribution in [0.1, 0.15) is 63.5 Å². The molecule has 9 nitrogen and oxygen atoms in total. The number of anilines is 1. The van der Waals surface area contributed by atoms with Crippen LogP contribution in [0, 0.1) is 11.6 Å². The number of aromatic carboxylic acids is 1. The van der Waals surface area contributed by atoms with E-state index < -0.39 is 17.6 Å². The van der Waals surface area contributed by atoms with Crippen molar-refractivity contribution in [3.63, 3.8) is 0 Å². The van der Waals surface area contributed by atoms with E-state index in [0.717, 1.165) is 24.2 Å². The highest BCUT2D eigenvalue weighted by atomic mass is 19.1. The van der Waals surface area contributed by atoms with Gasteiger partial charge in [-0.3, -0.25) is 9.48 Å². The van der Waals surface area contributed by atoms with Crippen molar-refractivity contribution in [3.8, 4) is 0 Å². The first-order chi connectivity index (χ1) is 18.4. The zero-order valence-corrected chi connectivity index (χ0v) is 20.8. The molecule has 2 aliphatic rings. The maximum atomic E-state index is 14.6. The lowest BCUT2D eigenvalue weighted by atomic mass is 10.0. The second-order valence-electron chi connectivity index (χ2n) is 9.67. The summed E-state index contributed by atoms with van der Waals surface area (Å²) in [7, 11) is 0. The number of carboxylic acid groups (broad SMARTS) is 1. The van der Waals surface area contributed by atoms with Gasteiger partial charge >= 0.3 is 5.97 Å². The second kappa shape index (κ2) is 9.23. The number of fused-ring (bicyclic) bond motifs is 2. The standard InChI is InChI=1S/C27H26F2N6O3/c1-2-21-25(27(37)38)24-15-32(10-11-35(24)31-21)26(36)19-14-30-34-9-7-17(13-23(19)34)33-8-3-4-22(33)18-12-16(28)5-6-20(18)29/h5-7,9,12-14,22H,2-4,8,10-11,15H2,1H3,(H,37,38).